The number of pyridine rings is 1. The lowest BCUT2D eigenvalue weighted by molar-refractivity contribution is 0.407. The molecule has 0 aromatic carbocycles. The molecule has 1 aliphatic heterocycles. The van der Waals surface area contributed by atoms with Crippen LogP contribution in [0.25, 0.3) is 0 Å². The maximum atomic E-state index is 5.89. The Morgan fingerprint density at radius 1 is 1.62 bits per heavy atom. The van der Waals surface area contributed by atoms with Crippen LogP contribution in [0.4, 0.5) is 5.82 Å². The molecule has 0 amide bonds. The number of ether oxygens (including phenoxy) is 1. The van der Waals surface area contributed by atoms with E-state index in [2.05, 4.69) is 22.1 Å². The van der Waals surface area contributed by atoms with Gasteiger partial charge in [-0.3, -0.25) is 0 Å². The molecule has 4 nitrogen and oxygen atoms in total. The quantitative estimate of drug-likeness (QED) is 0.853. The molecule has 1 fully saturated rings. The highest BCUT2D eigenvalue weighted by atomic mass is 35.5. The van der Waals surface area contributed by atoms with E-state index in [-0.39, 0.29) is 0 Å². The van der Waals surface area contributed by atoms with Gasteiger partial charge in [0.2, 0.25) is 0 Å². The first-order chi connectivity index (χ1) is 7.70. The van der Waals surface area contributed by atoms with Gasteiger partial charge >= 0.3 is 0 Å². The normalized spacial score (nSPS) is 20.9. The number of hydrogen-bond acceptors (Lipinski definition) is 4. The molecular formula is C11H16ClN3O. The lowest BCUT2D eigenvalue weighted by atomic mass is 10.2. The Balaban J connectivity index is 2.24. The second-order valence-electron chi connectivity index (χ2n) is 3.98. The van der Waals surface area contributed by atoms with Crippen LogP contribution in [0, 0.1) is 0 Å². The van der Waals surface area contributed by atoms with Gasteiger partial charge < -0.3 is 15.0 Å². The molecule has 0 saturated carbocycles. The molecule has 1 N–H and O–H groups in total. The van der Waals surface area contributed by atoms with Crippen molar-refractivity contribution in [2.75, 3.05) is 31.6 Å². The molecule has 1 aromatic heterocycles. The number of rotatable bonds is 2. The Morgan fingerprint density at radius 2 is 2.44 bits per heavy atom. The lowest BCUT2D eigenvalue weighted by Gasteiger charge is -2.33. The zero-order valence-electron chi connectivity index (χ0n) is 9.53. The first kappa shape index (κ1) is 11.5. The van der Waals surface area contributed by atoms with Crippen LogP contribution in [-0.4, -0.2) is 37.8 Å². The summed E-state index contributed by atoms with van der Waals surface area (Å²) in [4.78, 5) is 6.57. The Hall–Kier alpha value is -1.00. The number of nitrogens with one attached hydrogen (secondary N) is 1. The summed E-state index contributed by atoms with van der Waals surface area (Å²) >= 11 is 5.89. The van der Waals surface area contributed by atoms with E-state index in [0.717, 1.165) is 31.2 Å². The van der Waals surface area contributed by atoms with Crippen molar-refractivity contribution in [1.82, 2.24) is 10.3 Å². The van der Waals surface area contributed by atoms with Gasteiger partial charge in [0.25, 0.3) is 0 Å². The fraction of sp³-hybridized carbons (Fsp3) is 0.545. The van der Waals surface area contributed by atoms with E-state index in [1.807, 2.05) is 0 Å². The van der Waals surface area contributed by atoms with Gasteiger partial charge in [-0.15, -0.1) is 0 Å². The van der Waals surface area contributed by atoms with E-state index < -0.39 is 0 Å². The first-order valence-electron chi connectivity index (χ1n) is 5.38. The molecule has 2 heterocycles. The Labute approximate surface area is 101 Å². The molecule has 0 spiro atoms. The third-order valence-corrected chi connectivity index (χ3v) is 2.89. The Morgan fingerprint density at radius 3 is 3.12 bits per heavy atom. The second kappa shape index (κ2) is 4.89. The summed E-state index contributed by atoms with van der Waals surface area (Å²) in [5, 5.41) is 3.99. The van der Waals surface area contributed by atoms with Crippen LogP contribution in [0.15, 0.2) is 12.3 Å². The summed E-state index contributed by atoms with van der Waals surface area (Å²) in [5.74, 6) is 1.61. The smallest absolute Gasteiger partial charge is 0.171 e. The molecule has 1 atom stereocenters. The van der Waals surface area contributed by atoms with Crippen molar-refractivity contribution in [2.24, 2.45) is 0 Å². The highest BCUT2D eigenvalue weighted by Gasteiger charge is 2.20. The summed E-state index contributed by atoms with van der Waals surface area (Å²) in [5.41, 5.74) is 0. The molecule has 1 aromatic rings. The van der Waals surface area contributed by atoms with Gasteiger partial charge in [0.1, 0.15) is 0 Å². The monoisotopic (exact) mass is 241 g/mol. The molecule has 1 unspecified atom stereocenters. The average molecular weight is 242 g/mol. The number of methoxy groups -OCH3 is 1. The zero-order chi connectivity index (χ0) is 11.5. The number of nitrogens with zero attached hydrogens (tertiary/aromatic N) is 2. The predicted molar refractivity (Wildman–Crippen MR) is 65.5 cm³/mol. The Kier molecular flexibility index (Phi) is 3.51. The van der Waals surface area contributed by atoms with Crippen LogP contribution in [0.2, 0.25) is 5.02 Å². The van der Waals surface area contributed by atoms with Gasteiger partial charge in [-0.2, -0.15) is 0 Å². The minimum absolute atomic E-state index is 0.468. The molecule has 5 heteroatoms. The standard InChI is InChI=1S/C11H16ClN3O/c1-8-7-15(4-3-13-8)11-10(16-2)5-9(12)6-14-11/h5-6,8,13H,3-4,7H2,1-2H3. The van der Waals surface area contributed by atoms with Crippen molar-refractivity contribution >= 4 is 17.4 Å². The number of halogens is 1. The molecule has 88 valence electrons. The third kappa shape index (κ3) is 2.39. The second-order valence-corrected chi connectivity index (χ2v) is 4.42. The molecule has 1 aliphatic rings. The van der Waals surface area contributed by atoms with Gasteiger partial charge in [-0.05, 0) is 6.92 Å². The minimum Gasteiger partial charge on any atom is -0.493 e. The fourth-order valence-electron chi connectivity index (χ4n) is 1.93. The largest absolute Gasteiger partial charge is 0.493 e. The summed E-state index contributed by atoms with van der Waals surface area (Å²) in [7, 11) is 1.64. The number of piperazine rings is 1. The van der Waals surface area contributed by atoms with Crippen LogP contribution in [0.5, 0.6) is 5.75 Å². The lowest BCUT2D eigenvalue weighted by Crippen LogP contribution is -2.49. The van der Waals surface area contributed by atoms with E-state index >= 15 is 0 Å². The maximum Gasteiger partial charge on any atom is 0.171 e. The van der Waals surface area contributed by atoms with Crippen LogP contribution in [-0.2, 0) is 0 Å². The van der Waals surface area contributed by atoms with Crippen molar-refractivity contribution in [3.63, 3.8) is 0 Å². The predicted octanol–water partition coefficient (Wildman–Crippen LogP) is 1.54. The van der Waals surface area contributed by atoms with Crippen molar-refractivity contribution < 1.29 is 4.74 Å². The summed E-state index contributed by atoms with van der Waals surface area (Å²) in [6.45, 7) is 5.00. The highest BCUT2D eigenvalue weighted by Crippen LogP contribution is 2.28. The molecule has 1 saturated heterocycles. The summed E-state index contributed by atoms with van der Waals surface area (Å²) < 4.78 is 5.31. The van der Waals surface area contributed by atoms with Gasteiger partial charge in [0.15, 0.2) is 11.6 Å². The van der Waals surface area contributed by atoms with Gasteiger partial charge in [-0.1, -0.05) is 11.6 Å². The molecule has 0 bridgehead atoms. The van der Waals surface area contributed by atoms with E-state index in [0.29, 0.717) is 11.1 Å². The van der Waals surface area contributed by atoms with Crippen LogP contribution in [0.1, 0.15) is 6.92 Å². The molecule has 0 aliphatic carbocycles. The van der Waals surface area contributed by atoms with E-state index in [1.54, 1.807) is 19.4 Å². The maximum absolute atomic E-state index is 5.89. The molecule has 0 radical (unpaired) electrons. The van der Waals surface area contributed by atoms with Gasteiger partial charge in [0, 0.05) is 37.9 Å². The average Bonchev–Trinajstić information content (AvgIpc) is 2.28. The summed E-state index contributed by atoms with van der Waals surface area (Å²) in [6.07, 6.45) is 1.66. The van der Waals surface area contributed by atoms with Gasteiger partial charge in [0.05, 0.1) is 12.1 Å². The van der Waals surface area contributed by atoms with Crippen molar-refractivity contribution in [2.45, 2.75) is 13.0 Å². The SMILES string of the molecule is COc1cc(Cl)cnc1N1CCNC(C)C1. The topological polar surface area (TPSA) is 37.4 Å². The van der Waals surface area contributed by atoms with Gasteiger partial charge in [-0.25, -0.2) is 4.98 Å². The highest BCUT2D eigenvalue weighted by molar-refractivity contribution is 6.30. The van der Waals surface area contributed by atoms with Crippen molar-refractivity contribution in [3.05, 3.63) is 17.3 Å². The number of aromatic nitrogens is 1. The number of hydrogen-bond donors (Lipinski definition) is 1. The summed E-state index contributed by atoms with van der Waals surface area (Å²) in [6, 6.07) is 2.27. The van der Waals surface area contributed by atoms with Crippen LogP contribution < -0.4 is 15.0 Å². The van der Waals surface area contributed by atoms with Crippen LogP contribution in [0.3, 0.4) is 0 Å². The molecular weight excluding hydrogens is 226 g/mol. The third-order valence-electron chi connectivity index (χ3n) is 2.69. The number of anilines is 1. The fourth-order valence-corrected chi connectivity index (χ4v) is 2.07. The van der Waals surface area contributed by atoms with E-state index in [9.17, 15) is 0 Å². The van der Waals surface area contributed by atoms with E-state index in [4.69, 9.17) is 16.3 Å². The minimum atomic E-state index is 0.468. The van der Waals surface area contributed by atoms with Crippen LogP contribution >= 0.6 is 11.6 Å². The molecule has 16 heavy (non-hydrogen) atoms. The van der Waals surface area contributed by atoms with Crippen molar-refractivity contribution in [3.8, 4) is 5.75 Å². The van der Waals surface area contributed by atoms with Crippen molar-refractivity contribution in [1.29, 1.82) is 0 Å². The Bertz CT molecular complexity index is 372. The first-order valence-corrected chi connectivity index (χ1v) is 5.76. The van der Waals surface area contributed by atoms with E-state index in [1.165, 1.54) is 0 Å². The molecule has 2 rings (SSSR count). The zero-order valence-corrected chi connectivity index (χ0v) is 10.3.